The summed E-state index contributed by atoms with van der Waals surface area (Å²) in [5.41, 5.74) is 2.45. The van der Waals surface area contributed by atoms with Crippen molar-refractivity contribution in [2.24, 2.45) is 0 Å². The van der Waals surface area contributed by atoms with Gasteiger partial charge in [-0.3, -0.25) is 9.78 Å². The number of carbonyl (C=O) groups excluding carboxylic acids is 1. The van der Waals surface area contributed by atoms with Crippen LogP contribution in [0.2, 0.25) is 5.02 Å². The Kier molecular flexibility index (Phi) is 4.56. The van der Waals surface area contributed by atoms with E-state index in [4.69, 9.17) is 11.6 Å². The fraction of sp³-hybridized carbons (Fsp3) is 0.143. The number of rotatable bonds is 3. The third kappa shape index (κ3) is 3.78. The lowest BCUT2D eigenvalue weighted by molar-refractivity contribution is 0.0951. The van der Waals surface area contributed by atoms with E-state index in [0.717, 1.165) is 15.7 Å². The van der Waals surface area contributed by atoms with E-state index in [0.29, 0.717) is 17.1 Å². The van der Waals surface area contributed by atoms with Gasteiger partial charge in [0.2, 0.25) is 0 Å². The van der Waals surface area contributed by atoms with Crippen LogP contribution in [-0.4, -0.2) is 10.9 Å². The minimum atomic E-state index is -0.157. The average Bonchev–Trinajstić information content (AvgIpc) is 2.41. The molecule has 0 saturated carbocycles. The number of aromatic nitrogens is 1. The number of hydrogen-bond acceptors (Lipinski definition) is 2. The van der Waals surface area contributed by atoms with Gasteiger partial charge in [-0.1, -0.05) is 17.7 Å². The monoisotopic (exact) mass is 338 g/mol. The van der Waals surface area contributed by atoms with Gasteiger partial charge < -0.3 is 5.32 Å². The van der Waals surface area contributed by atoms with Gasteiger partial charge in [-0.25, -0.2) is 0 Å². The van der Waals surface area contributed by atoms with Gasteiger partial charge in [0, 0.05) is 28.5 Å². The molecule has 5 heteroatoms. The first kappa shape index (κ1) is 14.0. The third-order valence-electron chi connectivity index (χ3n) is 2.61. The normalized spacial score (nSPS) is 10.3. The number of benzene rings is 1. The molecule has 0 bridgehead atoms. The van der Waals surface area contributed by atoms with Crippen LogP contribution in [0, 0.1) is 6.92 Å². The molecule has 1 aromatic heterocycles. The second kappa shape index (κ2) is 6.17. The number of halogens is 2. The predicted octanol–water partition coefficient (Wildman–Crippen LogP) is 3.74. The van der Waals surface area contributed by atoms with Crippen LogP contribution in [0.5, 0.6) is 0 Å². The molecule has 1 N–H and O–H groups in total. The highest BCUT2D eigenvalue weighted by molar-refractivity contribution is 9.10. The van der Waals surface area contributed by atoms with E-state index in [1.54, 1.807) is 24.4 Å². The number of nitrogens with zero attached hydrogens (tertiary/aromatic N) is 1. The number of amides is 1. The molecule has 1 aromatic carbocycles. The Hall–Kier alpha value is -1.39. The van der Waals surface area contributed by atoms with Crippen molar-refractivity contribution in [3.8, 4) is 0 Å². The van der Waals surface area contributed by atoms with E-state index in [1.165, 1.54) is 0 Å². The van der Waals surface area contributed by atoms with Crippen LogP contribution >= 0.6 is 27.5 Å². The number of carbonyl (C=O) groups is 1. The number of aryl methyl sites for hydroxylation is 1. The highest BCUT2D eigenvalue weighted by atomic mass is 79.9. The first-order valence-electron chi connectivity index (χ1n) is 5.71. The van der Waals surface area contributed by atoms with Crippen LogP contribution in [0.4, 0.5) is 0 Å². The van der Waals surface area contributed by atoms with Gasteiger partial charge in [-0.15, -0.1) is 0 Å². The van der Waals surface area contributed by atoms with Crippen LogP contribution in [-0.2, 0) is 6.54 Å². The molecule has 0 aliphatic heterocycles. The second-order valence-corrected chi connectivity index (χ2v) is 5.38. The fourth-order valence-electron chi connectivity index (χ4n) is 1.52. The molecular weight excluding hydrogens is 328 g/mol. The zero-order valence-corrected chi connectivity index (χ0v) is 12.6. The molecular formula is C14H12BrClN2O. The molecule has 0 fully saturated rings. The highest BCUT2D eigenvalue weighted by Crippen LogP contribution is 2.23. The first-order chi connectivity index (χ1) is 9.06. The summed E-state index contributed by atoms with van der Waals surface area (Å²) < 4.78 is 0.772. The van der Waals surface area contributed by atoms with E-state index in [2.05, 4.69) is 26.2 Å². The lowest BCUT2D eigenvalue weighted by Crippen LogP contribution is -2.22. The summed E-state index contributed by atoms with van der Waals surface area (Å²) in [6.07, 6.45) is 1.75. The lowest BCUT2D eigenvalue weighted by atomic mass is 10.2. The fourth-order valence-corrected chi connectivity index (χ4v) is 1.95. The van der Waals surface area contributed by atoms with Gasteiger partial charge in [0.15, 0.2) is 0 Å². The van der Waals surface area contributed by atoms with E-state index < -0.39 is 0 Å². The molecule has 1 heterocycles. The first-order valence-corrected chi connectivity index (χ1v) is 6.88. The van der Waals surface area contributed by atoms with Gasteiger partial charge in [-0.05, 0) is 52.7 Å². The molecule has 0 radical (unpaired) electrons. The molecule has 0 aliphatic rings. The largest absolute Gasteiger partial charge is 0.348 e. The summed E-state index contributed by atoms with van der Waals surface area (Å²) in [5.74, 6) is -0.157. The van der Waals surface area contributed by atoms with Gasteiger partial charge in [-0.2, -0.15) is 0 Å². The van der Waals surface area contributed by atoms with Crippen molar-refractivity contribution < 1.29 is 4.79 Å². The molecule has 2 aromatic rings. The quantitative estimate of drug-likeness (QED) is 0.925. The molecule has 2 rings (SSSR count). The smallest absolute Gasteiger partial charge is 0.251 e. The molecule has 0 saturated heterocycles. The SMILES string of the molecule is Cc1ccc(CNC(=O)c2ccc(Br)c(Cl)c2)cn1. The van der Waals surface area contributed by atoms with Crippen molar-refractivity contribution in [2.45, 2.75) is 13.5 Å². The minimum Gasteiger partial charge on any atom is -0.348 e. The Morgan fingerprint density at radius 3 is 2.79 bits per heavy atom. The molecule has 19 heavy (non-hydrogen) atoms. The second-order valence-electron chi connectivity index (χ2n) is 4.12. The van der Waals surface area contributed by atoms with Gasteiger partial charge in [0.05, 0.1) is 5.02 Å². The van der Waals surface area contributed by atoms with E-state index in [1.807, 2.05) is 19.1 Å². The summed E-state index contributed by atoms with van der Waals surface area (Å²) in [5, 5.41) is 3.35. The Morgan fingerprint density at radius 1 is 1.37 bits per heavy atom. The van der Waals surface area contributed by atoms with Crippen molar-refractivity contribution in [2.75, 3.05) is 0 Å². The summed E-state index contributed by atoms with van der Waals surface area (Å²) >= 11 is 9.24. The predicted molar refractivity (Wildman–Crippen MR) is 79.3 cm³/mol. The molecule has 0 spiro atoms. The van der Waals surface area contributed by atoms with Crippen molar-refractivity contribution in [1.29, 1.82) is 0 Å². The average molecular weight is 340 g/mol. The Balaban J connectivity index is 2.01. The number of hydrogen-bond donors (Lipinski definition) is 1. The minimum absolute atomic E-state index is 0.157. The van der Waals surface area contributed by atoms with Crippen LogP contribution in [0.25, 0.3) is 0 Å². The third-order valence-corrected chi connectivity index (χ3v) is 3.84. The van der Waals surface area contributed by atoms with Crippen LogP contribution in [0.3, 0.4) is 0 Å². The van der Waals surface area contributed by atoms with E-state index in [9.17, 15) is 4.79 Å². The summed E-state index contributed by atoms with van der Waals surface area (Å²) in [6, 6.07) is 8.97. The summed E-state index contributed by atoms with van der Waals surface area (Å²) in [4.78, 5) is 16.1. The highest BCUT2D eigenvalue weighted by Gasteiger charge is 2.07. The number of nitrogens with one attached hydrogen (secondary N) is 1. The van der Waals surface area contributed by atoms with Gasteiger partial charge in [0.1, 0.15) is 0 Å². The van der Waals surface area contributed by atoms with E-state index in [-0.39, 0.29) is 5.91 Å². The van der Waals surface area contributed by atoms with Crippen molar-refractivity contribution in [3.05, 3.63) is 62.8 Å². The van der Waals surface area contributed by atoms with Crippen LogP contribution in [0.15, 0.2) is 41.0 Å². The van der Waals surface area contributed by atoms with Gasteiger partial charge >= 0.3 is 0 Å². The maximum Gasteiger partial charge on any atom is 0.251 e. The Morgan fingerprint density at radius 2 is 2.16 bits per heavy atom. The van der Waals surface area contributed by atoms with Crippen molar-refractivity contribution in [1.82, 2.24) is 10.3 Å². The van der Waals surface area contributed by atoms with Crippen LogP contribution in [0.1, 0.15) is 21.6 Å². The molecule has 3 nitrogen and oxygen atoms in total. The topological polar surface area (TPSA) is 42.0 Å². The van der Waals surface area contributed by atoms with Crippen LogP contribution < -0.4 is 5.32 Å². The van der Waals surface area contributed by atoms with Crippen molar-refractivity contribution in [3.63, 3.8) is 0 Å². The van der Waals surface area contributed by atoms with Gasteiger partial charge in [0.25, 0.3) is 5.91 Å². The molecule has 0 aliphatic carbocycles. The summed E-state index contributed by atoms with van der Waals surface area (Å²) in [6.45, 7) is 2.37. The standard InChI is InChI=1S/C14H12BrClN2O/c1-9-2-3-10(7-17-9)8-18-14(19)11-4-5-12(15)13(16)6-11/h2-7H,8H2,1H3,(H,18,19). The lowest BCUT2D eigenvalue weighted by Gasteiger charge is -2.06. The Bertz CT molecular complexity index is 599. The molecule has 98 valence electrons. The molecule has 0 atom stereocenters. The van der Waals surface area contributed by atoms with E-state index >= 15 is 0 Å². The maximum atomic E-state index is 11.9. The zero-order valence-electron chi connectivity index (χ0n) is 10.3. The molecule has 1 amide bonds. The van der Waals surface area contributed by atoms with Crippen molar-refractivity contribution >= 4 is 33.4 Å². The number of pyridine rings is 1. The summed E-state index contributed by atoms with van der Waals surface area (Å²) in [7, 11) is 0. The maximum absolute atomic E-state index is 11.9. The molecule has 0 unspecified atom stereocenters. The Labute approximate surface area is 125 Å². The zero-order chi connectivity index (χ0) is 13.8.